The summed E-state index contributed by atoms with van der Waals surface area (Å²) in [5, 5.41) is 12.7. The van der Waals surface area contributed by atoms with E-state index in [1.54, 1.807) is 24.1 Å². The maximum absolute atomic E-state index is 12.0. The van der Waals surface area contributed by atoms with Crippen LogP contribution in [0.15, 0.2) is 12.1 Å². The van der Waals surface area contributed by atoms with Gasteiger partial charge in [-0.25, -0.2) is 0 Å². The number of hydrogen-bond donors (Lipinski definition) is 2. The molecule has 1 saturated heterocycles. The third-order valence-electron chi connectivity index (χ3n) is 2.75. The molecule has 4 nitrogen and oxygen atoms in total. The van der Waals surface area contributed by atoms with Gasteiger partial charge < -0.3 is 15.3 Å². The van der Waals surface area contributed by atoms with E-state index in [0.29, 0.717) is 22.3 Å². The first-order valence-electron chi connectivity index (χ1n) is 5.01. The van der Waals surface area contributed by atoms with Crippen LogP contribution < -0.4 is 5.32 Å². The van der Waals surface area contributed by atoms with Crippen molar-refractivity contribution in [3.8, 4) is 0 Å². The fourth-order valence-corrected chi connectivity index (χ4v) is 2.83. The molecule has 1 amide bonds. The fraction of sp³-hybridized carbons (Fsp3) is 0.500. The van der Waals surface area contributed by atoms with Crippen LogP contribution in [0, 0.1) is 0 Å². The molecular weight excluding hydrogens is 248 g/mol. The van der Waals surface area contributed by atoms with Gasteiger partial charge in [-0.2, -0.15) is 0 Å². The topological polar surface area (TPSA) is 52.6 Å². The van der Waals surface area contributed by atoms with E-state index in [9.17, 15) is 9.90 Å². The highest BCUT2D eigenvalue weighted by molar-refractivity contribution is 7.17. The summed E-state index contributed by atoms with van der Waals surface area (Å²) in [5.74, 6) is -0.0929. The zero-order valence-electron chi connectivity index (χ0n) is 8.81. The number of carbonyl (C=O) groups is 1. The first-order chi connectivity index (χ1) is 7.59. The third kappa shape index (κ3) is 2.22. The van der Waals surface area contributed by atoms with E-state index in [1.165, 1.54) is 11.3 Å². The maximum atomic E-state index is 12.0. The molecule has 1 aromatic rings. The van der Waals surface area contributed by atoms with Gasteiger partial charge in [0.15, 0.2) is 0 Å². The summed E-state index contributed by atoms with van der Waals surface area (Å²) in [6.07, 6.45) is -0.496. The van der Waals surface area contributed by atoms with Crippen LogP contribution in [0.1, 0.15) is 9.67 Å². The summed E-state index contributed by atoms with van der Waals surface area (Å²) >= 11 is 7.04. The highest BCUT2D eigenvalue weighted by Crippen LogP contribution is 2.23. The van der Waals surface area contributed by atoms with Gasteiger partial charge in [0.25, 0.3) is 5.91 Å². The Kier molecular flexibility index (Phi) is 3.49. The highest BCUT2D eigenvalue weighted by atomic mass is 35.5. The van der Waals surface area contributed by atoms with Gasteiger partial charge in [0.2, 0.25) is 0 Å². The molecule has 1 aromatic heterocycles. The number of nitrogens with zero attached hydrogens (tertiary/aromatic N) is 1. The fourth-order valence-electron chi connectivity index (χ4n) is 1.80. The molecule has 1 aliphatic rings. The molecule has 0 aromatic carbocycles. The van der Waals surface area contributed by atoms with Gasteiger partial charge in [-0.05, 0) is 12.1 Å². The number of carbonyl (C=O) groups excluding carboxylic acids is 1. The first-order valence-corrected chi connectivity index (χ1v) is 6.20. The summed E-state index contributed by atoms with van der Waals surface area (Å²) in [5.41, 5.74) is 0. The number of rotatable bonds is 2. The van der Waals surface area contributed by atoms with Crippen LogP contribution in [0.5, 0.6) is 0 Å². The van der Waals surface area contributed by atoms with Crippen molar-refractivity contribution in [2.24, 2.45) is 0 Å². The van der Waals surface area contributed by atoms with Crippen molar-refractivity contribution < 1.29 is 9.90 Å². The third-order valence-corrected chi connectivity index (χ3v) is 3.97. The lowest BCUT2D eigenvalue weighted by Gasteiger charge is -2.25. The van der Waals surface area contributed by atoms with Crippen molar-refractivity contribution in [3.05, 3.63) is 21.3 Å². The first kappa shape index (κ1) is 11.9. The average molecular weight is 261 g/mol. The number of hydrogen-bond acceptors (Lipinski definition) is 4. The predicted octanol–water partition coefficient (Wildman–Crippen LogP) is 0.806. The van der Waals surface area contributed by atoms with E-state index in [4.69, 9.17) is 11.6 Å². The van der Waals surface area contributed by atoms with Gasteiger partial charge >= 0.3 is 0 Å². The van der Waals surface area contributed by atoms with E-state index >= 15 is 0 Å². The Labute approximate surface area is 103 Å². The van der Waals surface area contributed by atoms with Gasteiger partial charge in [0.05, 0.1) is 21.4 Å². The molecular formula is C10H13ClN2O2S. The second kappa shape index (κ2) is 4.71. The molecule has 2 rings (SSSR count). The number of likely N-dealkylation sites (N-methyl/N-ethyl adjacent to an activating group) is 1. The normalized spacial score (nSPS) is 24.7. The molecule has 2 heterocycles. The Morgan fingerprint density at radius 3 is 2.88 bits per heavy atom. The molecule has 6 heteroatoms. The van der Waals surface area contributed by atoms with Crippen molar-refractivity contribution >= 4 is 28.8 Å². The highest BCUT2D eigenvalue weighted by Gasteiger charge is 2.31. The summed E-state index contributed by atoms with van der Waals surface area (Å²) in [6.45, 7) is 1.16. The van der Waals surface area contributed by atoms with Crippen LogP contribution in [0.25, 0.3) is 0 Å². The average Bonchev–Trinajstić information content (AvgIpc) is 2.85. The number of halogens is 1. The second-order valence-electron chi connectivity index (χ2n) is 3.81. The van der Waals surface area contributed by atoms with Gasteiger partial charge in [-0.3, -0.25) is 4.79 Å². The van der Waals surface area contributed by atoms with E-state index in [2.05, 4.69) is 5.32 Å². The monoisotopic (exact) mass is 260 g/mol. The Bertz CT molecular complexity index is 396. The van der Waals surface area contributed by atoms with E-state index in [-0.39, 0.29) is 11.9 Å². The van der Waals surface area contributed by atoms with Gasteiger partial charge in [0, 0.05) is 20.1 Å². The number of aliphatic hydroxyl groups excluding tert-OH is 1. The standard InChI is InChI=1S/C10H13ClN2O2S/c1-13(6-4-12-5-7(6)14)10(15)8-2-3-9(11)16-8/h2-3,6-7,12,14H,4-5H2,1H3/t6-,7-/m0/s1. The van der Waals surface area contributed by atoms with Crippen molar-refractivity contribution in [2.45, 2.75) is 12.1 Å². The van der Waals surface area contributed by atoms with Crippen LogP contribution in [0.2, 0.25) is 4.34 Å². The Balaban J connectivity index is 2.10. The predicted molar refractivity (Wildman–Crippen MR) is 64.1 cm³/mol. The van der Waals surface area contributed by atoms with E-state index < -0.39 is 6.10 Å². The minimum atomic E-state index is -0.496. The lowest BCUT2D eigenvalue weighted by Crippen LogP contribution is -2.44. The Morgan fingerprint density at radius 1 is 1.62 bits per heavy atom. The molecule has 0 unspecified atom stereocenters. The van der Waals surface area contributed by atoms with Crippen LogP contribution in [-0.2, 0) is 0 Å². The molecule has 16 heavy (non-hydrogen) atoms. The van der Waals surface area contributed by atoms with Crippen molar-refractivity contribution in [1.82, 2.24) is 10.2 Å². The Morgan fingerprint density at radius 2 is 2.38 bits per heavy atom. The van der Waals surface area contributed by atoms with E-state index in [1.807, 2.05) is 0 Å². The van der Waals surface area contributed by atoms with Gasteiger partial charge in [0.1, 0.15) is 0 Å². The number of β-amino-alcohol motifs (C(OH)–C–C–N with tert-alkyl or cyclic N) is 1. The van der Waals surface area contributed by atoms with Crippen molar-refractivity contribution in [3.63, 3.8) is 0 Å². The number of aliphatic hydroxyl groups is 1. The lowest BCUT2D eigenvalue weighted by molar-refractivity contribution is 0.0585. The summed E-state index contributed by atoms with van der Waals surface area (Å²) in [6, 6.07) is 3.25. The van der Waals surface area contributed by atoms with Crippen LogP contribution in [-0.4, -0.2) is 48.2 Å². The summed E-state index contributed by atoms with van der Waals surface area (Å²) < 4.78 is 0.599. The molecule has 1 aliphatic heterocycles. The zero-order chi connectivity index (χ0) is 11.7. The molecule has 1 fully saturated rings. The Hall–Kier alpha value is -0.620. The second-order valence-corrected chi connectivity index (χ2v) is 5.53. The molecule has 0 bridgehead atoms. The van der Waals surface area contributed by atoms with Gasteiger partial charge in [-0.1, -0.05) is 11.6 Å². The maximum Gasteiger partial charge on any atom is 0.264 e. The van der Waals surface area contributed by atoms with E-state index in [0.717, 1.165) is 0 Å². The largest absolute Gasteiger partial charge is 0.390 e. The van der Waals surface area contributed by atoms with Crippen LogP contribution in [0.4, 0.5) is 0 Å². The molecule has 0 saturated carbocycles. The van der Waals surface area contributed by atoms with Crippen molar-refractivity contribution in [2.75, 3.05) is 20.1 Å². The van der Waals surface area contributed by atoms with Crippen molar-refractivity contribution in [1.29, 1.82) is 0 Å². The number of thiophene rings is 1. The lowest BCUT2D eigenvalue weighted by atomic mass is 10.2. The molecule has 0 radical (unpaired) electrons. The van der Waals surface area contributed by atoms with Gasteiger partial charge in [-0.15, -0.1) is 11.3 Å². The molecule has 0 aliphatic carbocycles. The zero-order valence-corrected chi connectivity index (χ0v) is 10.4. The molecule has 2 atom stereocenters. The number of amides is 1. The summed E-state index contributed by atoms with van der Waals surface area (Å²) in [7, 11) is 1.71. The SMILES string of the molecule is CN(C(=O)c1ccc(Cl)s1)[C@H]1CNC[C@@H]1O. The molecule has 0 spiro atoms. The van der Waals surface area contributed by atoms with Crippen LogP contribution in [0.3, 0.4) is 0 Å². The quantitative estimate of drug-likeness (QED) is 0.827. The minimum Gasteiger partial charge on any atom is -0.390 e. The molecule has 88 valence electrons. The summed E-state index contributed by atoms with van der Waals surface area (Å²) in [4.78, 5) is 14.2. The number of nitrogens with one attached hydrogen (secondary N) is 1. The smallest absolute Gasteiger partial charge is 0.264 e. The minimum absolute atomic E-state index is 0.0929. The molecule has 2 N–H and O–H groups in total. The van der Waals surface area contributed by atoms with Crippen LogP contribution >= 0.6 is 22.9 Å².